The van der Waals surface area contributed by atoms with Gasteiger partial charge in [0.2, 0.25) is 0 Å². The average Bonchev–Trinajstić information content (AvgIpc) is 3.11. The molecular weight excluding hydrogens is 344 g/mol. The maximum absolute atomic E-state index is 12.5. The number of benzene rings is 1. The molecule has 1 aliphatic rings. The maximum atomic E-state index is 12.5. The van der Waals surface area contributed by atoms with E-state index < -0.39 is 5.54 Å². The van der Waals surface area contributed by atoms with Gasteiger partial charge >= 0.3 is 0 Å². The molecule has 1 aliphatic carbocycles. The molecule has 0 heterocycles. The summed E-state index contributed by atoms with van der Waals surface area (Å²) >= 11 is 0. The molecule has 27 heavy (non-hydrogen) atoms. The number of nitrogens with zero attached hydrogens (tertiary/aromatic N) is 1. The molecule has 0 aromatic heterocycles. The van der Waals surface area contributed by atoms with E-state index in [1.54, 1.807) is 19.2 Å². The van der Waals surface area contributed by atoms with Crippen LogP contribution in [-0.2, 0) is 9.59 Å². The second kappa shape index (κ2) is 9.93. The summed E-state index contributed by atoms with van der Waals surface area (Å²) in [6.45, 7) is 3.07. The second-order valence-corrected chi connectivity index (χ2v) is 7.05. The van der Waals surface area contributed by atoms with Crippen LogP contribution in [0.5, 0.6) is 5.75 Å². The fourth-order valence-electron chi connectivity index (χ4n) is 3.54. The molecule has 0 aliphatic heterocycles. The molecule has 1 atom stereocenters. The first-order valence-corrected chi connectivity index (χ1v) is 9.50. The van der Waals surface area contributed by atoms with Gasteiger partial charge in [-0.1, -0.05) is 19.1 Å². The van der Waals surface area contributed by atoms with Crippen molar-refractivity contribution in [1.82, 2.24) is 5.32 Å². The smallest absolute Gasteiger partial charge is 0.279 e. The average molecular weight is 373 g/mol. The van der Waals surface area contributed by atoms with Crippen LogP contribution in [0.15, 0.2) is 24.3 Å². The molecule has 1 saturated carbocycles. The van der Waals surface area contributed by atoms with Crippen molar-refractivity contribution in [1.29, 1.82) is 5.26 Å². The van der Waals surface area contributed by atoms with Crippen molar-refractivity contribution >= 4 is 17.5 Å². The van der Waals surface area contributed by atoms with E-state index in [0.29, 0.717) is 30.8 Å². The van der Waals surface area contributed by atoms with Gasteiger partial charge in [0, 0.05) is 0 Å². The molecule has 0 saturated heterocycles. The van der Waals surface area contributed by atoms with E-state index in [-0.39, 0.29) is 24.9 Å². The summed E-state index contributed by atoms with van der Waals surface area (Å²) in [6, 6.07) is 9.48. The predicted octanol–water partition coefficient (Wildman–Crippen LogP) is 0.881. The van der Waals surface area contributed by atoms with Gasteiger partial charge in [-0.3, -0.25) is 9.59 Å². The van der Waals surface area contributed by atoms with Gasteiger partial charge in [-0.25, -0.2) is 0 Å². The number of hydrogen-bond acceptors (Lipinski definition) is 4. The molecule has 0 radical (unpaired) electrons. The Morgan fingerprint density at radius 2 is 1.89 bits per heavy atom. The zero-order chi connectivity index (χ0) is 19.7. The van der Waals surface area contributed by atoms with E-state index in [4.69, 9.17) is 4.74 Å². The molecule has 0 bridgehead atoms. The van der Waals surface area contributed by atoms with E-state index in [9.17, 15) is 14.9 Å². The molecule has 2 amide bonds. The molecule has 3 N–H and O–H groups in total. The quantitative estimate of drug-likeness (QED) is 0.599. The van der Waals surface area contributed by atoms with E-state index in [0.717, 1.165) is 24.2 Å². The largest absolute Gasteiger partial charge is 0.495 e. The molecular formula is C20H29N4O3+. The monoisotopic (exact) mass is 373 g/mol. The number of nitrogens with one attached hydrogen (secondary N) is 3. The number of ether oxygens (including phenoxy) is 1. The van der Waals surface area contributed by atoms with Crippen LogP contribution >= 0.6 is 0 Å². The SMILES string of the molecule is CCC[NH+](CC(=O)Nc1ccccc1OC)CC(=O)NC1(C#N)CCCC1. The number of para-hydroxylation sites is 2. The van der Waals surface area contributed by atoms with Crippen LogP contribution in [0, 0.1) is 11.3 Å². The fraction of sp³-hybridized carbons (Fsp3) is 0.550. The van der Waals surface area contributed by atoms with Crippen LogP contribution < -0.4 is 20.3 Å². The van der Waals surface area contributed by atoms with E-state index >= 15 is 0 Å². The van der Waals surface area contributed by atoms with Crippen LogP contribution in [0.4, 0.5) is 5.69 Å². The summed E-state index contributed by atoms with van der Waals surface area (Å²) in [5.41, 5.74) is -0.117. The van der Waals surface area contributed by atoms with Gasteiger partial charge < -0.3 is 20.3 Å². The molecule has 1 unspecified atom stereocenters. The number of amides is 2. The summed E-state index contributed by atoms with van der Waals surface area (Å²) in [6.07, 6.45) is 4.18. The number of carbonyl (C=O) groups is 2. The minimum Gasteiger partial charge on any atom is -0.495 e. The summed E-state index contributed by atoms with van der Waals surface area (Å²) in [5.74, 6) is 0.247. The Labute approximate surface area is 160 Å². The van der Waals surface area contributed by atoms with Gasteiger partial charge in [0.05, 0.1) is 25.4 Å². The van der Waals surface area contributed by atoms with Gasteiger partial charge in [-0.05, 0) is 44.2 Å². The third kappa shape index (κ3) is 5.97. The molecule has 2 rings (SSSR count). The number of carbonyl (C=O) groups excluding carboxylic acids is 2. The molecule has 0 spiro atoms. The van der Waals surface area contributed by atoms with Gasteiger partial charge in [-0.15, -0.1) is 0 Å². The predicted molar refractivity (Wildman–Crippen MR) is 102 cm³/mol. The van der Waals surface area contributed by atoms with Crippen LogP contribution in [0.1, 0.15) is 39.0 Å². The molecule has 1 aromatic carbocycles. The van der Waals surface area contributed by atoms with Crippen LogP contribution in [-0.4, -0.2) is 44.1 Å². The standard InChI is InChI=1S/C20H28N4O3/c1-3-12-24(14-19(26)23-20(15-21)10-6-7-11-20)13-18(25)22-16-8-4-5-9-17(16)27-2/h4-5,8-9H,3,6-7,10-14H2,1-2H3,(H,22,25)(H,23,26)/p+1. The van der Waals surface area contributed by atoms with Crippen LogP contribution in [0.2, 0.25) is 0 Å². The number of hydrogen-bond donors (Lipinski definition) is 3. The summed E-state index contributed by atoms with van der Waals surface area (Å²) in [5, 5.41) is 15.2. The maximum Gasteiger partial charge on any atom is 0.279 e. The normalized spacial score (nSPS) is 16.2. The number of nitriles is 1. The summed E-state index contributed by atoms with van der Waals surface area (Å²) in [4.78, 5) is 25.8. The van der Waals surface area contributed by atoms with Crippen molar-refractivity contribution < 1.29 is 19.2 Å². The lowest BCUT2D eigenvalue weighted by Gasteiger charge is -2.24. The van der Waals surface area contributed by atoms with Gasteiger partial charge in [0.25, 0.3) is 11.8 Å². The Kier molecular flexibility index (Phi) is 7.62. The highest BCUT2D eigenvalue weighted by atomic mass is 16.5. The third-order valence-corrected chi connectivity index (χ3v) is 4.86. The zero-order valence-corrected chi connectivity index (χ0v) is 16.1. The lowest BCUT2D eigenvalue weighted by atomic mass is 10.00. The van der Waals surface area contributed by atoms with E-state index in [1.165, 1.54) is 0 Å². The van der Waals surface area contributed by atoms with Crippen molar-refractivity contribution in [3.8, 4) is 11.8 Å². The topological polar surface area (TPSA) is 95.7 Å². The van der Waals surface area contributed by atoms with Gasteiger partial charge in [0.15, 0.2) is 13.1 Å². The molecule has 1 fully saturated rings. The third-order valence-electron chi connectivity index (χ3n) is 4.86. The number of methoxy groups -OCH3 is 1. The first kappa shape index (κ1) is 20.7. The Bertz CT molecular complexity index is 693. The first-order valence-electron chi connectivity index (χ1n) is 9.50. The molecule has 146 valence electrons. The number of rotatable bonds is 9. The minimum atomic E-state index is -0.728. The Morgan fingerprint density at radius 1 is 1.22 bits per heavy atom. The Hall–Kier alpha value is -2.59. The molecule has 7 nitrogen and oxygen atoms in total. The molecule has 1 aromatic rings. The lowest BCUT2D eigenvalue weighted by Crippen LogP contribution is -3.14. The molecule has 7 heteroatoms. The highest BCUT2D eigenvalue weighted by Crippen LogP contribution is 2.28. The van der Waals surface area contributed by atoms with E-state index in [2.05, 4.69) is 16.7 Å². The number of quaternary nitrogens is 1. The van der Waals surface area contributed by atoms with E-state index in [1.807, 2.05) is 19.1 Å². The number of anilines is 1. The summed E-state index contributed by atoms with van der Waals surface area (Å²) in [7, 11) is 1.55. The van der Waals surface area contributed by atoms with Crippen molar-refractivity contribution in [2.45, 2.75) is 44.6 Å². The van der Waals surface area contributed by atoms with Crippen molar-refractivity contribution in [3.63, 3.8) is 0 Å². The van der Waals surface area contributed by atoms with Crippen molar-refractivity contribution in [2.24, 2.45) is 0 Å². The van der Waals surface area contributed by atoms with Gasteiger partial charge in [0.1, 0.15) is 11.3 Å². The highest BCUT2D eigenvalue weighted by Gasteiger charge is 2.36. The highest BCUT2D eigenvalue weighted by molar-refractivity contribution is 5.93. The van der Waals surface area contributed by atoms with Gasteiger partial charge in [-0.2, -0.15) is 5.26 Å². The zero-order valence-electron chi connectivity index (χ0n) is 16.1. The minimum absolute atomic E-state index is 0.174. The van der Waals surface area contributed by atoms with Crippen molar-refractivity contribution in [3.05, 3.63) is 24.3 Å². The Balaban J connectivity index is 1.93. The fourth-order valence-corrected chi connectivity index (χ4v) is 3.54. The lowest BCUT2D eigenvalue weighted by molar-refractivity contribution is -0.883. The van der Waals surface area contributed by atoms with Crippen molar-refractivity contribution in [2.75, 3.05) is 32.1 Å². The summed E-state index contributed by atoms with van der Waals surface area (Å²) < 4.78 is 5.24. The second-order valence-electron chi connectivity index (χ2n) is 7.05. The van der Waals surface area contributed by atoms with Crippen LogP contribution in [0.25, 0.3) is 0 Å². The first-order chi connectivity index (χ1) is 13.0. The van der Waals surface area contributed by atoms with Crippen LogP contribution in [0.3, 0.4) is 0 Å². The Morgan fingerprint density at radius 3 is 2.52 bits per heavy atom.